The molecule has 0 atom stereocenters. The van der Waals surface area contributed by atoms with Crippen molar-refractivity contribution in [2.75, 3.05) is 17.8 Å². The van der Waals surface area contributed by atoms with Crippen LogP contribution in [0.25, 0.3) is 0 Å². The molecule has 2 heterocycles. The first kappa shape index (κ1) is 11.4. The summed E-state index contributed by atoms with van der Waals surface area (Å²) in [4.78, 5) is 12.0. The Labute approximate surface area is 108 Å². The highest BCUT2D eigenvalue weighted by Gasteiger charge is 2.18. The van der Waals surface area contributed by atoms with Gasteiger partial charge in [-0.05, 0) is 19.1 Å². The third kappa shape index (κ3) is 1.95. The summed E-state index contributed by atoms with van der Waals surface area (Å²) in [7, 11) is 0. The van der Waals surface area contributed by atoms with Crippen molar-refractivity contribution in [3.63, 3.8) is 0 Å². The van der Waals surface area contributed by atoms with Gasteiger partial charge in [-0.2, -0.15) is 5.10 Å². The van der Waals surface area contributed by atoms with E-state index in [2.05, 4.69) is 15.5 Å². The molecule has 0 spiro atoms. The fourth-order valence-electron chi connectivity index (χ4n) is 1.78. The van der Waals surface area contributed by atoms with Crippen LogP contribution in [0.2, 0.25) is 0 Å². The van der Waals surface area contributed by atoms with Crippen molar-refractivity contribution in [2.45, 2.75) is 6.92 Å². The SMILES string of the molecule is Cc1[nH]nc(C(=O)Nc2ccc3c(c2)OCO3)c1N. The number of aromatic amines is 1. The normalized spacial score (nSPS) is 12.5. The first-order valence-electron chi connectivity index (χ1n) is 5.66. The van der Waals surface area contributed by atoms with E-state index in [0.29, 0.717) is 28.6 Å². The van der Waals surface area contributed by atoms with Crippen molar-refractivity contribution >= 4 is 17.3 Å². The van der Waals surface area contributed by atoms with Gasteiger partial charge in [-0.3, -0.25) is 9.89 Å². The minimum absolute atomic E-state index is 0.176. The van der Waals surface area contributed by atoms with Gasteiger partial charge in [-0.15, -0.1) is 0 Å². The van der Waals surface area contributed by atoms with E-state index in [4.69, 9.17) is 15.2 Å². The Kier molecular flexibility index (Phi) is 2.52. The third-order valence-corrected chi connectivity index (χ3v) is 2.84. The second-order valence-corrected chi connectivity index (χ2v) is 4.13. The molecule has 1 amide bonds. The summed E-state index contributed by atoms with van der Waals surface area (Å²) in [5.74, 6) is 0.887. The molecule has 1 aliphatic heterocycles. The predicted octanol–water partition coefficient (Wildman–Crippen LogP) is 1.28. The lowest BCUT2D eigenvalue weighted by atomic mass is 10.2. The lowest BCUT2D eigenvalue weighted by molar-refractivity contribution is 0.102. The Morgan fingerprint density at radius 2 is 2.21 bits per heavy atom. The van der Waals surface area contributed by atoms with Crippen LogP contribution in [0.4, 0.5) is 11.4 Å². The Bertz CT molecular complexity index is 650. The molecule has 0 fully saturated rings. The Morgan fingerprint density at radius 1 is 1.42 bits per heavy atom. The van der Waals surface area contributed by atoms with Crippen LogP contribution in [-0.2, 0) is 0 Å². The van der Waals surface area contributed by atoms with E-state index in [1.165, 1.54) is 0 Å². The molecule has 1 aromatic heterocycles. The first-order chi connectivity index (χ1) is 9.15. The van der Waals surface area contributed by atoms with Gasteiger partial charge < -0.3 is 20.5 Å². The highest BCUT2D eigenvalue weighted by Crippen LogP contribution is 2.34. The van der Waals surface area contributed by atoms with Crippen LogP contribution < -0.4 is 20.5 Å². The van der Waals surface area contributed by atoms with Gasteiger partial charge in [0.1, 0.15) is 0 Å². The summed E-state index contributed by atoms with van der Waals surface area (Å²) in [5.41, 5.74) is 7.52. The molecule has 0 saturated carbocycles. The molecular formula is C12H12N4O3. The zero-order valence-corrected chi connectivity index (χ0v) is 10.2. The monoisotopic (exact) mass is 260 g/mol. The standard InChI is InChI=1S/C12H12N4O3/c1-6-10(13)11(16-15-6)12(17)14-7-2-3-8-9(4-7)19-5-18-8/h2-4H,5,13H2,1H3,(H,14,17)(H,15,16). The van der Waals surface area contributed by atoms with Gasteiger partial charge in [-0.1, -0.05) is 0 Å². The van der Waals surface area contributed by atoms with Crippen molar-refractivity contribution < 1.29 is 14.3 Å². The van der Waals surface area contributed by atoms with Gasteiger partial charge in [-0.25, -0.2) is 0 Å². The average molecular weight is 260 g/mol. The van der Waals surface area contributed by atoms with Crippen LogP contribution >= 0.6 is 0 Å². The van der Waals surface area contributed by atoms with Crippen LogP contribution in [0.3, 0.4) is 0 Å². The van der Waals surface area contributed by atoms with Crippen LogP contribution in [0.5, 0.6) is 11.5 Å². The lowest BCUT2D eigenvalue weighted by Gasteiger charge is -2.04. The number of amides is 1. The maximum Gasteiger partial charge on any atom is 0.278 e. The number of nitrogens with one attached hydrogen (secondary N) is 2. The topological polar surface area (TPSA) is 102 Å². The first-order valence-corrected chi connectivity index (χ1v) is 5.66. The number of nitrogens with two attached hydrogens (primary N) is 1. The Balaban J connectivity index is 1.82. The van der Waals surface area contributed by atoms with Gasteiger partial charge in [0, 0.05) is 11.8 Å². The summed E-state index contributed by atoms with van der Waals surface area (Å²) in [6.07, 6.45) is 0. The quantitative estimate of drug-likeness (QED) is 0.754. The number of benzene rings is 1. The maximum absolute atomic E-state index is 12.0. The van der Waals surface area contributed by atoms with E-state index in [9.17, 15) is 4.79 Å². The van der Waals surface area contributed by atoms with Gasteiger partial charge in [0.15, 0.2) is 17.2 Å². The van der Waals surface area contributed by atoms with E-state index in [0.717, 1.165) is 0 Å². The zero-order chi connectivity index (χ0) is 13.4. The van der Waals surface area contributed by atoms with Crippen molar-refractivity contribution in [2.24, 2.45) is 0 Å². The predicted molar refractivity (Wildman–Crippen MR) is 68.3 cm³/mol. The van der Waals surface area contributed by atoms with Crippen LogP contribution in [0.15, 0.2) is 18.2 Å². The van der Waals surface area contributed by atoms with E-state index >= 15 is 0 Å². The second-order valence-electron chi connectivity index (χ2n) is 4.13. The fourth-order valence-corrected chi connectivity index (χ4v) is 1.78. The fraction of sp³-hybridized carbons (Fsp3) is 0.167. The van der Waals surface area contributed by atoms with E-state index in [1.54, 1.807) is 25.1 Å². The van der Waals surface area contributed by atoms with Crippen LogP contribution in [0.1, 0.15) is 16.2 Å². The number of aryl methyl sites for hydroxylation is 1. The van der Waals surface area contributed by atoms with E-state index in [-0.39, 0.29) is 18.4 Å². The van der Waals surface area contributed by atoms with Crippen molar-refractivity contribution in [1.29, 1.82) is 0 Å². The number of ether oxygens (including phenoxy) is 2. The molecule has 0 radical (unpaired) electrons. The molecule has 2 aromatic rings. The molecule has 0 bridgehead atoms. The number of carbonyl (C=O) groups is 1. The van der Waals surface area contributed by atoms with Gasteiger partial charge in [0.25, 0.3) is 5.91 Å². The molecule has 3 rings (SSSR count). The number of H-pyrrole nitrogens is 1. The highest BCUT2D eigenvalue weighted by molar-refractivity contribution is 6.06. The Morgan fingerprint density at radius 3 is 2.95 bits per heavy atom. The van der Waals surface area contributed by atoms with Crippen LogP contribution in [-0.4, -0.2) is 22.9 Å². The number of nitrogen functional groups attached to an aromatic ring is 1. The minimum atomic E-state index is -0.374. The smallest absolute Gasteiger partial charge is 0.278 e. The minimum Gasteiger partial charge on any atom is -0.454 e. The molecular weight excluding hydrogens is 248 g/mol. The molecule has 1 aliphatic rings. The van der Waals surface area contributed by atoms with E-state index < -0.39 is 0 Å². The molecule has 98 valence electrons. The molecule has 0 saturated heterocycles. The third-order valence-electron chi connectivity index (χ3n) is 2.84. The molecule has 7 nitrogen and oxygen atoms in total. The summed E-state index contributed by atoms with van der Waals surface area (Å²) in [6, 6.07) is 5.15. The average Bonchev–Trinajstić information content (AvgIpc) is 2.97. The van der Waals surface area contributed by atoms with Gasteiger partial charge in [0.2, 0.25) is 6.79 Å². The molecule has 4 N–H and O–H groups in total. The number of anilines is 2. The molecule has 7 heteroatoms. The molecule has 1 aromatic carbocycles. The second kappa shape index (κ2) is 4.20. The van der Waals surface area contributed by atoms with Gasteiger partial charge in [0.05, 0.1) is 11.4 Å². The molecule has 0 aliphatic carbocycles. The summed E-state index contributed by atoms with van der Waals surface area (Å²) >= 11 is 0. The summed E-state index contributed by atoms with van der Waals surface area (Å²) < 4.78 is 10.4. The summed E-state index contributed by atoms with van der Waals surface area (Å²) in [5, 5.41) is 9.24. The van der Waals surface area contributed by atoms with Crippen molar-refractivity contribution in [3.8, 4) is 11.5 Å². The molecule has 19 heavy (non-hydrogen) atoms. The number of hydrogen-bond acceptors (Lipinski definition) is 5. The van der Waals surface area contributed by atoms with E-state index in [1.807, 2.05) is 0 Å². The van der Waals surface area contributed by atoms with Crippen molar-refractivity contribution in [1.82, 2.24) is 10.2 Å². The van der Waals surface area contributed by atoms with Gasteiger partial charge >= 0.3 is 0 Å². The highest BCUT2D eigenvalue weighted by atomic mass is 16.7. The number of nitrogens with zero attached hydrogens (tertiary/aromatic N) is 1. The number of hydrogen-bond donors (Lipinski definition) is 3. The Hall–Kier alpha value is -2.70. The summed E-state index contributed by atoms with van der Waals surface area (Å²) in [6.45, 7) is 1.94. The van der Waals surface area contributed by atoms with Crippen LogP contribution in [0, 0.1) is 6.92 Å². The zero-order valence-electron chi connectivity index (χ0n) is 10.2. The van der Waals surface area contributed by atoms with Crippen molar-refractivity contribution in [3.05, 3.63) is 29.6 Å². The number of aromatic nitrogens is 2. The maximum atomic E-state index is 12.0. The molecule has 0 unspecified atom stereocenters. The lowest BCUT2D eigenvalue weighted by Crippen LogP contribution is -2.14. The largest absolute Gasteiger partial charge is 0.454 e. The number of fused-ring (bicyclic) bond motifs is 1. The number of carbonyl (C=O) groups excluding carboxylic acids is 1. The number of rotatable bonds is 2.